The molecule has 0 aromatic heterocycles. The van der Waals surface area contributed by atoms with Crippen molar-refractivity contribution in [2.45, 2.75) is 25.4 Å². The zero-order valence-corrected chi connectivity index (χ0v) is 16.8. The van der Waals surface area contributed by atoms with Gasteiger partial charge in [-0.25, -0.2) is 0 Å². The number of benzene rings is 2. The highest BCUT2D eigenvalue weighted by molar-refractivity contribution is 5.95. The van der Waals surface area contributed by atoms with Crippen LogP contribution in [0.2, 0.25) is 0 Å². The van der Waals surface area contributed by atoms with E-state index in [1.807, 2.05) is 17.0 Å². The number of rotatable bonds is 9. The second-order valence-electron chi connectivity index (χ2n) is 6.91. The van der Waals surface area contributed by atoms with Gasteiger partial charge < -0.3 is 19.7 Å². The molecule has 0 saturated heterocycles. The molecule has 0 heterocycles. The Bertz CT molecular complexity index is 888. The summed E-state index contributed by atoms with van der Waals surface area (Å²) in [6.07, 6.45) is 3.65. The molecule has 2 amide bonds. The van der Waals surface area contributed by atoms with E-state index in [4.69, 9.17) is 9.47 Å². The van der Waals surface area contributed by atoms with Gasteiger partial charge in [0, 0.05) is 30.8 Å². The summed E-state index contributed by atoms with van der Waals surface area (Å²) in [7, 11) is 3.16. The number of hydrogen-bond donors (Lipinski definition) is 1. The quantitative estimate of drug-likeness (QED) is 0.662. The zero-order chi connectivity index (χ0) is 20.8. The minimum atomic E-state index is -0.127. The zero-order valence-electron chi connectivity index (χ0n) is 16.8. The SMILES string of the molecule is C=CCOc1ccc(C(=O)N(Cc2ccc(C(=O)NC)cc2)C2CC2)cc1OC. The van der Waals surface area contributed by atoms with Crippen molar-refractivity contribution in [1.29, 1.82) is 0 Å². The molecule has 2 aromatic carbocycles. The predicted molar refractivity (Wildman–Crippen MR) is 111 cm³/mol. The van der Waals surface area contributed by atoms with Crippen molar-refractivity contribution in [2.24, 2.45) is 0 Å². The summed E-state index contributed by atoms with van der Waals surface area (Å²) in [5.41, 5.74) is 2.14. The van der Waals surface area contributed by atoms with Crippen LogP contribution in [0.1, 0.15) is 39.1 Å². The molecule has 1 saturated carbocycles. The summed E-state index contributed by atoms with van der Waals surface area (Å²) in [5, 5.41) is 2.61. The van der Waals surface area contributed by atoms with E-state index < -0.39 is 0 Å². The van der Waals surface area contributed by atoms with E-state index >= 15 is 0 Å². The first-order valence-electron chi connectivity index (χ1n) is 9.61. The first-order valence-corrected chi connectivity index (χ1v) is 9.61. The van der Waals surface area contributed by atoms with Gasteiger partial charge in [-0.05, 0) is 48.7 Å². The maximum absolute atomic E-state index is 13.2. The van der Waals surface area contributed by atoms with Crippen LogP contribution < -0.4 is 14.8 Å². The van der Waals surface area contributed by atoms with E-state index in [0.29, 0.717) is 35.8 Å². The Morgan fingerprint density at radius 2 is 1.83 bits per heavy atom. The largest absolute Gasteiger partial charge is 0.493 e. The Morgan fingerprint density at radius 3 is 2.41 bits per heavy atom. The lowest BCUT2D eigenvalue weighted by Gasteiger charge is -2.23. The van der Waals surface area contributed by atoms with Crippen LogP contribution in [0.4, 0.5) is 0 Å². The highest BCUT2D eigenvalue weighted by atomic mass is 16.5. The summed E-state index contributed by atoms with van der Waals surface area (Å²) in [6.45, 7) is 4.50. The van der Waals surface area contributed by atoms with Crippen molar-refractivity contribution in [1.82, 2.24) is 10.2 Å². The van der Waals surface area contributed by atoms with Gasteiger partial charge >= 0.3 is 0 Å². The third-order valence-corrected chi connectivity index (χ3v) is 4.81. The fraction of sp³-hybridized carbons (Fsp3) is 0.304. The molecule has 1 fully saturated rings. The summed E-state index contributed by atoms with van der Waals surface area (Å²) in [5.74, 6) is 0.920. The topological polar surface area (TPSA) is 67.9 Å². The number of ether oxygens (including phenoxy) is 2. The van der Waals surface area contributed by atoms with Crippen LogP contribution in [-0.4, -0.2) is 43.5 Å². The normalized spacial score (nSPS) is 12.8. The standard InChI is InChI=1S/C23H26N2O4/c1-4-13-29-20-12-9-18(14-21(20)28-3)23(27)25(19-10-11-19)15-16-5-7-17(8-6-16)22(26)24-2/h4-9,12,14,19H,1,10-11,13,15H2,2-3H3,(H,24,26). The van der Waals surface area contributed by atoms with Crippen LogP contribution in [0, 0.1) is 0 Å². The van der Waals surface area contributed by atoms with Crippen LogP contribution in [0.5, 0.6) is 11.5 Å². The molecule has 0 atom stereocenters. The maximum atomic E-state index is 13.2. The third kappa shape index (κ3) is 4.96. The molecular formula is C23H26N2O4. The van der Waals surface area contributed by atoms with Gasteiger partial charge in [0.15, 0.2) is 11.5 Å². The number of methoxy groups -OCH3 is 1. The van der Waals surface area contributed by atoms with E-state index in [1.54, 1.807) is 50.6 Å². The van der Waals surface area contributed by atoms with E-state index in [-0.39, 0.29) is 17.9 Å². The number of carbonyl (C=O) groups excluding carboxylic acids is 2. The highest BCUT2D eigenvalue weighted by Crippen LogP contribution is 2.33. The van der Waals surface area contributed by atoms with E-state index in [1.165, 1.54) is 0 Å². The van der Waals surface area contributed by atoms with Gasteiger partial charge in [0.1, 0.15) is 6.61 Å². The van der Waals surface area contributed by atoms with Crippen molar-refractivity contribution in [3.63, 3.8) is 0 Å². The highest BCUT2D eigenvalue weighted by Gasteiger charge is 2.33. The van der Waals surface area contributed by atoms with Crippen molar-refractivity contribution < 1.29 is 19.1 Å². The van der Waals surface area contributed by atoms with Gasteiger partial charge in [0.2, 0.25) is 0 Å². The molecule has 0 spiro atoms. The molecule has 6 heteroatoms. The molecule has 0 aliphatic heterocycles. The molecule has 6 nitrogen and oxygen atoms in total. The average molecular weight is 394 g/mol. The maximum Gasteiger partial charge on any atom is 0.254 e. The molecule has 2 aromatic rings. The fourth-order valence-electron chi connectivity index (χ4n) is 3.09. The predicted octanol–water partition coefficient (Wildman–Crippen LogP) is 3.42. The Kier molecular flexibility index (Phi) is 6.54. The van der Waals surface area contributed by atoms with Crippen molar-refractivity contribution in [3.8, 4) is 11.5 Å². The second kappa shape index (κ2) is 9.28. The van der Waals surface area contributed by atoms with Gasteiger partial charge in [-0.3, -0.25) is 9.59 Å². The first-order chi connectivity index (χ1) is 14.1. The van der Waals surface area contributed by atoms with Gasteiger partial charge in [-0.2, -0.15) is 0 Å². The molecular weight excluding hydrogens is 368 g/mol. The number of carbonyl (C=O) groups is 2. The summed E-state index contributed by atoms with van der Waals surface area (Å²) in [4.78, 5) is 26.8. The summed E-state index contributed by atoms with van der Waals surface area (Å²) in [6, 6.07) is 12.8. The Balaban J connectivity index is 1.78. The smallest absolute Gasteiger partial charge is 0.254 e. The van der Waals surface area contributed by atoms with E-state index in [9.17, 15) is 9.59 Å². The van der Waals surface area contributed by atoms with Crippen molar-refractivity contribution >= 4 is 11.8 Å². The third-order valence-electron chi connectivity index (χ3n) is 4.81. The lowest BCUT2D eigenvalue weighted by molar-refractivity contribution is 0.0729. The molecule has 0 bridgehead atoms. The Hall–Kier alpha value is -3.28. The molecule has 0 unspecified atom stereocenters. The van der Waals surface area contributed by atoms with Crippen LogP contribution in [0.25, 0.3) is 0 Å². The fourth-order valence-corrected chi connectivity index (χ4v) is 3.09. The first kappa shape index (κ1) is 20.5. The average Bonchev–Trinajstić information content (AvgIpc) is 3.60. The number of amides is 2. The van der Waals surface area contributed by atoms with Gasteiger partial charge in [-0.1, -0.05) is 24.8 Å². The van der Waals surface area contributed by atoms with Crippen molar-refractivity contribution in [3.05, 3.63) is 71.8 Å². The van der Waals surface area contributed by atoms with Crippen LogP contribution in [0.15, 0.2) is 55.1 Å². The molecule has 1 aliphatic rings. The minimum absolute atomic E-state index is 0.0450. The molecule has 29 heavy (non-hydrogen) atoms. The van der Waals surface area contributed by atoms with Crippen LogP contribution in [0.3, 0.4) is 0 Å². The molecule has 152 valence electrons. The molecule has 3 rings (SSSR count). The van der Waals surface area contributed by atoms with E-state index in [0.717, 1.165) is 18.4 Å². The van der Waals surface area contributed by atoms with Crippen molar-refractivity contribution in [2.75, 3.05) is 20.8 Å². The Labute approximate surface area is 171 Å². The number of nitrogens with zero attached hydrogens (tertiary/aromatic N) is 1. The molecule has 0 radical (unpaired) electrons. The van der Waals surface area contributed by atoms with Gasteiger partial charge in [0.05, 0.1) is 7.11 Å². The van der Waals surface area contributed by atoms with E-state index in [2.05, 4.69) is 11.9 Å². The minimum Gasteiger partial charge on any atom is -0.493 e. The second-order valence-corrected chi connectivity index (χ2v) is 6.91. The number of nitrogens with one attached hydrogen (secondary N) is 1. The Morgan fingerprint density at radius 1 is 1.14 bits per heavy atom. The summed E-state index contributed by atoms with van der Waals surface area (Å²) >= 11 is 0. The van der Waals surface area contributed by atoms with Crippen LogP contribution >= 0.6 is 0 Å². The summed E-state index contributed by atoms with van der Waals surface area (Å²) < 4.78 is 11.0. The lowest BCUT2D eigenvalue weighted by atomic mass is 10.1. The monoisotopic (exact) mass is 394 g/mol. The van der Waals surface area contributed by atoms with Gasteiger partial charge in [0.25, 0.3) is 11.8 Å². The molecule has 1 N–H and O–H groups in total. The number of hydrogen-bond acceptors (Lipinski definition) is 4. The lowest BCUT2D eigenvalue weighted by Crippen LogP contribution is -2.32. The van der Waals surface area contributed by atoms with Crippen LogP contribution in [-0.2, 0) is 6.54 Å². The van der Waals surface area contributed by atoms with Gasteiger partial charge in [-0.15, -0.1) is 0 Å². The molecule has 1 aliphatic carbocycles.